The number of benzene rings is 1. The molecule has 102 valence electrons. The highest BCUT2D eigenvalue weighted by molar-refractivity contribution is 6.32. The van der Waals surface area contributed by atoms with Gasteiger partial charge in [-0.25, -0.2) is 0 Å². The molecular weight excluding hydrogens is 254 g/mol. The maximum Gasteiger partial charge on any atom is 0.138 e. The molecule has 0 aliphatic heterocycles. The van der Waals surface area contributed by atoms with Gasteiger partial charge in [0, 0.05) is 24.3 Å². The third-order valence-corrected chi connectivity index (χ3v) is 3.18. The lowest BCUT2D eigenvalue weighted by Gasteiger charge is -2.26. The molecule has 0 fully saturated rings. The first kappa shape index (κ1) is 15.1. The quantitative estimate of drug-likeness (QED) is 0.864. The van der Waals surface area contributed by atoms with Crippen molar-refractivity contribution in [1.29, 1.82) is 0 Å². The van der Waals surface area contributed by atoms with Crippen LogP contribution in [0.3, 0.4) is 0 Å². The summed E-state index contributed by atoms with van der Waals surface area (Å²) in [6.45, 7) is 0.108. The molecule has 0 aromatic heterocycles. The predicted molar refractivity (Wildman–Crippen MR) is 72.7 cm³/mol. The molecule has 1 atom stereocenters. The van der Waals surface area contributed by atoms with Gasteiger partial charge < -0.3 is 19.5 Å². The van der Waals surface area contributed by atoms with E-state index in [2.05, 4.69) is 0 Å². The smallest absolute Gasteiger partial charge is 0.138 e. The van der Waals surface area contributed by atoms with Crippen molar-refractivity contribution in [3.63, 3.8) is 0 Å². The molecule has 1 N–H and O–H groups in total. The molecule has 1 aromatic rings. The van der Waals surface area contributed by atoms with Crippen LogP contribution in [0.25, 0.3) is 0 Å². The van der Waals surface area contributed by atoms with Crippen molar-refractivity contribution in [2.24, 2.45) is 0 Å². The Bertz CT molecular complexity index is 396. The molecule has 0 aliphatic carbocycles. The lowest BCUT2D eigenvalue weighted by Crippen LogP contribution is -2.21. The van der Waals surface area contributed by atoms with Crippen LogP contribution in [0.2, 0.25) is 5.02 Å². The molecule has 1 unspecified atom stereocenters. The maximum absolute atomic E-state index is 9.17. The number of rotatable bonds is 6. The number of ether oxygens (including phenoxy) is 2. The summed E-state index contributed by atoms with van der Waals surface area (Å²) in [4.78, 5) is 2.03. The van der Waals surface area contributed by atoms with E-state index in [1.165, 1.54) is 0 Å². The Labute approximate surface area is 113 Å². The molecule has 18 heavy (non-hydrogen) atoms. The first-order valence-electron chi connectivity index (χ1n) is 5.73. The zero-order valence-electron chi connectivity index (χ0n) is 11.2. The zero-order valence-corrected chi connectivity index (χ0v) is 12.0. The highest BCUT2D eigenvalue weighted by Gasteiger charge is 2.20. The fraction of sp³-hybridized carbons (Fsp3) is 0.538. The van der Waals surface area contributed by atoms with Crippen LogP contribution in [0.5, 0.6) is 11.5 Å². The lowest BCUT2D eigenvalue weighted by atomic mass is 10.0. The van der Waals surface area contributed by atoms with E-state index in [4.69, 9.17) is 26.2 Å². The molecule has 0 radical (unpaired) electrons. The molecule has 1 rings (SSSR count). The summed E-state index contributed by atoms with van der Waals surface area (Å²) in [6.07, 6.45) is 0.619. The number of aliphatic hydroxyl groups excluding tert-OH is 1. The summed E-state index contributed by atoms with van der Waals surface area (Å²) in [6, 6.07) is 3.65. The van der Waals surface area contributed by atoms with Gasteiger partial charge in [0.2, 0.25) is 0 Å². The Hall–Kier alpha value is -0.970. The molecule has 0 aliphatic rings. The highest BCUT2D eigenvalue weighted by Crippen LogP contribution is 2.38. The number of nitrogens with zero attached hydrogens (tertiary/aromatic N) is 1. The van der Waals surface area contributed by atoms with Gasteiger partial charge in [0.15, 0.2) is 0 Å². The van der Waals surface area contributed by atoms with Gasteiger partial charge in [-0.15, -0.1) is 0 Å². The Morgan fingerprint density at radius 3 is 2.28 bits per heavy atom. The van der Waals surface area contributed by atoms with E-state index in [9.17, 15) is 0 Å². The van der Waals surface area contributed by atoms with Gasteiger partial charge in [0.25, 0.3) is 0 Å². The van der Waals surface area contributed by atoms with E-state index in [-0.39, 0.29) is 12.6 Å². The Kier molecular flexibility index (Phi) is 5.72. The zero-order chi connectivity index (χ0) is 13.7. The standard InChI is InChI=1S/C13H20ClNO3/c1-15(2)11(5-6-16)9-7-13(18-4)10(14)8-12(9)17-3/h7-8,11,16H,5-6H2,1-4H3. The van der Waals surface area contributed by atoms with E-state index in [1.807, 2.05) is 25.1 Å². The van der Waals surface area contributed by atoms with Crippen LogP contribution in [0.4, 0.5) is 0 Å². The third kappa shape index (κ3) is 3.28. The summed E-state index contributed by atoms with van der Waals surface area (Å²) in [7, 11) is 7.10. The van der Waals surface area contributed by atoms with Gasteiger partial charge in [-0.05, 0) is 26.6 Å². The molecule has 0 spiro atoms. The second-order valence-corrected chi connectivity index (χ2v) is 4.63. The van der Waals surface area contributed by atoms with Crippen LogP contribution < -0.4 is 9.47 Å². The topological polar surface area (TPSA) is 41.9 Å². The van der Waals surface area contributed by atoms with E-state index in [0.29, 0.717) is 22.9 Å². The summed E-state index contributed by atoms with van der Waals surface area (Å²) in [5.74, 6) is 1.31. The van der Waals surface area contributed by atoms with E-state index >= 15 is 0 Å². The lowest BCUT2D eigenvalue weighted by molar-refractivity contribution is 0.207. The minimum Gasteiger partial charge on any atom is -0.496 e. The van der Waals surface area contributed by atoms with Gasteiger partial charge in [-0.2, -0.15) is 0 Å². The van der Waals surface area contributed by atoms with Crippen molar-refractivity contribution in [2.75, 3.05) is 34.9 Å². The molecular formula is C13H20ClNO3. The van der Waals surface area contributed by atoms with E-state index < -0.39 is 0 Å². The van der Waals surface area contributed by atoms with Crippen LogP contribution in [0.15, 0.2) is 12.1 Å². The van der Waals surface area contributed by atoms with Gasteiger partial charge in [-0.1, -0.05) is 11.6 Å². The minimum atomic E-state index is 0.0520. The Morgan fingerprint density at radius 1 is 1.22 bits per heavy atom. The van der Waals surface area contributed by atoms with Crippen LogP contribution in [-0.4, -0.2) is 44.9 Å². The van der Waals surface area contributed by atoms with Crippen molar-refractivity contribution in [1.82, 2.24) is 4.90 Å². The van der Waals surface area contributed by atoms with Crippen LogP contribution in [0, 0.1) is 0 Å². The molecule has 0 bridgehead atoms. The molecule has 0 heterocycles. The second-order valence-electron chi connectivity index (χ2n) is 4.22. The number of methoxy groups -OCH3 is 2. The first-order valence-corrected chi connectivity index (χ1v) is 6.11. The third-order valence-electron chi connectivity index (χ3n) is 2.89. The number of hydrogen-bond donors (Lipinski definition) is 1. The average Bonchev–Trinajstić information content (AvgIpc) is 2.35. The monoisotopic (exact) mass is 273 g/mol. The molecule has 4 nitrogen and oxygen atoms in total. The summed E-state index contributed by atoms with van der Waals surface area (Å²) in [5, 5.41) is 9.68. The number of aliphatic hydroxyl groups is 1. The Morgan fingerprint density at radius 2 is 1.83 bits per heavy atom. The minimum absolute atomic E-state index is 0.0520. The molecule has 5 heteroatoms. The molecule has 0 saturated carbocycles. The number of hydrogen-bond acceptors (Lipinski definition) is 4. The first-order chi connectivity index (χ1) is 8.54. The average molecular weight is 274 g/mol. The van der Waals surface area contributed by atoms with Crippen molar-refractivity contribution >= 4 is 11.6 Å². The van der Waals surface area contributed by atoms with Crippen molar-refractivity contribution < 1.29 is 14.6 Å². The van der Waals surface area contributed by atoms with Gasteiger partial charge >= 0.3 is 0 Å². The largest absolute Gasteiger partial charge is 0.496 e. The van der Waals surface area contributed by atoms with Crippen molar-refractivity contribution in [2.45, 2.75) is 12.5 Å². The fourth-order valence-corrected chi connectivity index (χ4v) is 2.19. The normalized spacial score (nSPS) is 12.6. The van der Waals surface area contributed by atoms with Crippen molar-refractivity contribution in [3.8, 4) is 11.5 Å². The van der Waals surface area contributed by atoms with E-state index in [1.54, 1.807) is 20.3 Å². The highest BCUT2D eigenvalue weighted by atomic mass is 35.5. The maximum atomic E-state index is 9.17. The molecule has 0 saturated heterocycles. The summed E-state index contributed by atoms with van der Waals surface area (Å²) < 4.78 is 10.6. The summed E-state index contributed by atoms with van der Waals surface area (Å²) in [5.41, 5.74) is 0.956. The van der Waals surface area contributed by atoms with Gasteiger partial charge in [0.1, 0.15) is 11.5 Å². The number of halogens is 1. The second kappa shape index (κ2) is 6.83. The van der Waals surface area contributed by atoms with Crippen LogP contribution in [-0.2, 0) is 0 Å². The fourth-order valence-electron chi connectivity index (χ4n) is 1.96. The van der Waals surface area contributed by atoms with Crippen LogP contribution in [0.1, 0.15) is 18.0 Å². The van der Waals surface area contributed by atoms with Crippen LogP contribution >= 0.6 is 11.6 Å². The van der Waals surface area contributed by atoms with Crippen molar-refractivity contribution in [3.05, 3.63) is 22.7 Å². The van der Waals surface area contributed by atoms with Gasteiger partial charge in [-0.3, -0.25) is 0 Å². The summed E-state index contributed by atoms with van der Waals surface area (Å²) >= 11 is 6.07. The molecule has 0 amide bonds. The molecule has 1 aromatic carbocycles. The SMILES string of the molecule is COc1cc(C(CCO)N(C)C)c(OC)cc1Cl. The Balaban J connectivity index is 3.25. The van der Waals surface area contributed by atoms with E-state index in [0.717, 1.165) is 5.56 Å². The van der Waals surface area contributed by atoms with Gasteiger partial charge in [0.05, 0.1) is 19.2 Å². The predicted octanol–water partition coefficient (Wildman–Crippen LogP) is 2.34.